The third kappa shape index (κ3) is 3.23. The van der Waals surface area contributed by atoms with Gasteiger partial charge in [0.2, 0.25) is 10.0 Å². The summed E-state index contributed by atoms with van der Waals surface area (Å²) in [5.41, 5.74) is -2.35. The minimum absolute atomic E-state index is 0.190. The molecule has 0 aliphatic rings. The number of H-pyrrole nitrogens is 1. The first kappa shape index (κ1) is 15.1. The first-order valence-electron chi connectivity index (χ1n) is 5.49. The number of nitrogens with two attached hydrogens (primary N) is 1. The van der Waals surface area contributed by atoms with E-state index in [2.05, 4.69) is 0 Å². The summed E-state index contributed by atoms with van der Waals surface area (Å²) in [5.74, 6) is -1.51. The molecule has 0 saturated heterocycles. The highest BCUT2D eigenvalue weighted by Crippen LogP contribution is 2.10. The Hall–Kier alpha value is -2.33. The van der Waals surface area contributed by atoms with Gasteiger partial charge in [-0.1, -0.05) is 0 Å². The van der Waals surface area contributed by atoms with Gasteiger partial charge < -0.3 is 0 Å². The average Bonchev–Trinajstić information content (AvgIpc) is 2.35. The quantitative estimate of drug-likeness (QED) is 0.795. The first-order chi connectivity index (χ1) is 9.68. The third-order valence-electron chi connectivity index (χ3n) is 2.63. The molecule has 10 heteroatoms. The van der Waals surface area contributed by atoms with Crippen LogP contribution in [0, 0.1) is 11.6 Å². The summed E-state index contributed by atoms with van der Waals surface area (Å²) >= 11 is 0. The van der Waals surface area contributed by atoms with E-state index in [1.165, 1.54) is 0 Å². The van der Waals surface area contributed by atoms with Crippen molar-refractivity contribution in [3.05, 3.63) is 62.4 Å². The number of sulfonamides is 1. The van der Waals surface area contributed by atoms with Crippen molar-refractivity contribution >= 4 is 10.0 Å². The first-order valence-corrected chi connectivity index (χ1v) is 7.03. The van der Waals surface area contributed by atoms with Crippen LogP contribution in [0.25, 0.3) is 0 Å². The van der Waals surface area contributed by atoms with Gasteiger partial charge in [-0.05, 0) is 18.2 Å². The summed E-state index contributed by atoms with van der Waals surface area (Å²) in [6, 6.07) is 2.61. The smallest absolute Gasteiger partial charge is 0.295 e. The van der Waals surface area contributed by atoms with Crippen LogP contribution in [-0.2, 0) is 16.6 Å². The zero-order valence-electron chi connectivity index (χ0n) is 10.3. The van der Waals surface area contributed by atoms with Crippen LogP contribution in [0.15, 0.2) is 38.9 Å². The van der Waals surface area contributed by atoms with E-state index in [9.17, 15) is 26.8 Å². The molecule has 1 aromatic heterocycles. The molecule has 7 nitrogen and oxygen atoms in total. The van der Waals surface area contributed by atoms with E-state index in [4.69, 9.17) is 5.14 Å². The molecule has 0 spiro atoms. The molecule has 0 unspecified atom stereocenters. The van der Waals surface area contributed by atoms with Crippen LogP contribution < -0.4 is 16.4 Å². The van der Waals surface area contributed by atoms with Gasteiger partial charge in [-0.2, -0.15) is 0 Å². The van der Waals surface area contributed by atoms with Crippen LogP contribution >= 0.6 is 0 Å². The standard InChI is InChI=1S/C11H9F2N3O4S/c12-7-1-2-8(13)6(3-7)4-16-5-9(21(14,19)20)10(17)15-11(16)18/h1-3,5H,4H2,(H2,14,19,20)(H,15,17,18). The molecule has 0 radical (unpaired) electrons. The molecule has 0 atom stereocenters. The van der Waals surface area contributed by atoms with E-state index < -0.39 is 44.3 Å². The van der Waals surface area contributed by atoms with Crippen LogP contribution in [0.3, 0.4) is 0 Å². The average molecular weight is 317 g/mol. The van der Waals surface area contributed by atoms with Gasteiger partial charge >= 0.3 is 5.69 Å². The number of hydrogen-bond acceptors (Lipinski definition) is 4. The molecular weight excluding hydrogens is 308 g/mol. The Kier molecular flexibility index (Phi) is 3.75. The van der Waals surface area contributed by atoms with Crippen molar-refractivity contribution in [3.8, 4) is 0 Å². The van der Waals surface area contributed by atoms with Gasteiger partial charge in [0.25, 0.3) is 5.56 Å². The van der Waals surface area contributed by atoms with Crippen LogP contribution in [0.2, 0.25) is 0 Å². The number of nitrogens with zero attached hydrogens (tertiary/aromatic N) is 1. The molecule has 0 amide bonds. The highest BCUT2D eigenvalue weighted by atomic mass is 32.2. The number of hydrogen-bond donors (Lipinski definition) is 2. The largest absolute Gasteiger partial charge is 0.328 e. The number of aromatic amines is 1. The van der Waals surface area contributed by atoms with E-state index in [0.717, 1.165) is 18.2 Å². The van der Waals surface area contributed by atoms with Gasteiger partial charge in [0, 0.05) is 11.8 Å². The molecular formula is C11H9F2N3O4S. The monoisotopic (exact) mass is 317 g/mol. The van der Waals surface area contributed by atoms with E-state index in [-0.39, 0.29) is 5.56 Å². The Morgan fingerprint density at radius 3 is 2.52 bits per heavy atom. The van der Waals surface area contributed by atoms with Crippen LogP contribution in [-0.4, -0.2) is 18.0 Å². The van der Waals surface area contributed by atoms with E-state index >= 15 is 0 Å². The van der Waals surface area contributed by atoms with Crippen molar-refractivity contribution in [2.24, 2.45) is 5.14 Å². The van der Waals surface area contributed by atoms with E-state index in [1.54, 1.807) is 4.98 Å². The zero-order valence-corrected chi connectivity index (χ0v) is 11.2. The lowest BCUT2D eigenvalue weighted by Gasteiger charge is -2.08. The van der Waals surface area contributed by atoms with Crippen molar-refractivity contribution in [1.82, 2.24) is 9.55 Å². The lowest BCUT2D eigenvalue weighted by Crippen LogP contribution is -2.35. The maximum atomic E-state index is 13.5. The molecule has 2 rings (SSSR count). The van der Waals surface area contributed by atoms with Crippen molar-refractivity contribution in [3.63, 3.8) is 0 Å². The minimum Gasteiger partial charge on any atom is -0.295 e. The summed E-state index contributed by atoms with van der Waals surface area (Å²) in [7, 11) is -4.35. The number of halogens is 2. The second-order valence-corrected chi connectivity index (χ2v) is 5.69. The van der Waals surface area contributed by atoms with Crippen LogP contribution in [0.4, 0.5) is 8.78 Å². The van der Waals surface area contributed by atoms with Gasteiger partial charge in [-0.15, -0.1) is 0 Å². The van der Waals surface area contributed by atoms with Crippen molar-refractivity contribution < 1.29 is 17.2 Å². The van der Waals surface area contributed by atoms with Gasteiger partial charge in [0.05, 0.1) is 6.54 Å². The molecule has 0 fully saturated rings. The van der Waals surface area contributed by atoms with E-state index in [0.29, 0.717) is 10.8 Å². The molecule has 0 aliphatic heterocycles. The summed E-state index contributed by atoms with van der Waals surface area (Å²) in [4.78, 5) is 23.8. The fraction of sp³-hybridized carbons (Fsp3) is 0.0909. The predicted molar refractivity (Wildman–Crippen MR) is 68.2 cm³/mol. The summed E-state index contributed by atoms with van der Waals surface area (Å²) in [5, 5.41) is 4.83. The number of aromatic nitrogens is 2. The molecule has 3 N–H and O–H groups in total. The number of nitrogens with one attached hydrogen (secondary N) is 1. The maximum absolute atomic E-state index is 13.5. The second-order valence-electron chi connectivity index (χ2n) is 4.16. The highest BCUT2D eigenvalue weighted by Gasteiger charge is 2.16. The molecule has 21 heavy (non-hydrogen) atoms. The Morgan fingerprint density at radius 1 is 1.24 bits per heavy atom. The lowest BCUT2D eigenvalue weighted by molar-refractivity contribution is 0.567. The summed E-state index contributed by atoms with van der Waals surface area (Å²) in [6.07, 6.45) is 0.681. The molecule has 1 aromatic carbocycles. The summed E-state index contributed by atoms with van der Waals surface area (Å²) in [6.45, 7) is -0.471. The summed E-state index contributed by atoms with van der Waals surface area (Å²) < 4.78 is 49.7. The highest BCUT2D eigenvalue weighted by molar-refractivity contribution is 7.89. The zero-order chi connectivity index (χ0) is 15.8. The third-order valence-corrected chi connectivity index (χ3v) is 3.54. The molecule has 1 heterocycles. The maximum Gasteiger partial charge on any atom is 0.328 e. The minimum atomic E-state index is -4.35. The topological polar surface area (TPSA) is 115 Å². The van der Waals surface area contributed by atoms with Gasteiger partial charge in [0.15, 0.2) is 4.90 Å². The number of benzene rings is 1. The van der Waals surface area contributed by atoms with Crippen LogP contribution in [0.1, 0.15) is 5.56 Å². The Bertz CT molecular complexity index is 918. The van der Waals surface area contributed by atoms with Crippen molar-refractivity contribution in [2.45, 2.75) is 11.4 Å². The van der Waals surface area contributed by atoms with Crippen molar-refractivity contribution in [2.75, 3.05) is 0 Å². The Labute approximate surface area is 116 Å². The van der Waals surface area contributed by atoms with Gasteiger partial charge in [-0.3, -0.25) is 14.3 Å². The van der Waals surface area contributed by atoms with Gasteiger partial charge in [-0.25, -0.2) is 27.1 Å². The second kappa shape index (κ2) is 5.22. The molecule has 0 bridgehead atoms. The van der Waals surface area contributed by atoms with E-state index in [1.807, 2.05) is 0 Å². The molecule has 0 saturated carbocycles. The molecule has 112 valence electrons. The van der Waals surface area contributed by atoms with Crippen LogP contribution in [0.5, 0.6) is 0 Å². The number of primary sulfonamides is 1. The normalized spacial score (nSPS) is 11.6. The SMILES string of the molecule is NS(=O)(=O)c1cn(Cc2cc(F)ccc2F)c(=O)[nH]c1=O. The molecule has 0 aliphatic carbocycles. The van der Waals surface area contributed by atoms with Gasteiger partial charge in [0.1, 0.15) is 11.6 Å². The molecule has 2 aromatic rings. The fourth-order valence-corrected chi connectivity index (χ4v) is 2.24. The fourth-order valence-electron chi connectivity index (χ4n) is 1.66. The number of rotatable bonds is 3. The predicted octanol–water partition coefficient (Wildman–Crippen LogP) is -0.489. The van der Waals surface area contributed by atoms with Crippen molar-refractivity contribution in [1.29, 1.82) is 0 Å². The Morgan fingerprint density at radius 2 is 1.90 bits per heavy atom. The Balaban J connectivity index is 2.58. The lowest BCUT2D eigenvalue weighted by atomic mass is 10.2.